The molecule has 2 rings (SSSR count). The van der Waals surface area contributed by atoms with E-state index in [1.807, 2.05) is 0 Å². The normalized spacial score (nSPS) is 19.1. The molecule has 15 heavy (non-hydrogen) atoms. The number of hydrogen-bond acceptors (Lipinski definition) is 2. The Kier molecular flexibility index (Phi) is 2.59. The molecule has 1 heterocycles. The fourth-order valence-corrected chi connectivity index (χ4v) is 2.08. The van der Waals surface area contributed by atoms with Crippen LogP contribution in [0.5, 0.6) is 5.75 Å². The number of rotatable bonds is 1. The minimum atomic E-state index is 0.318. The van der Waals surface area contributed by atoms with Crippen molar-refractivity contribution in [1.29, 1.82) is 0 Å². The van der Waals surface area contributed by atoms with Gasteiger partial charge in [0, 0.05) is 0 Å². The van der Waals surface area contributed by atoms with Gasteiger partial charge in [0.25, 0.3) is 0 Å². The molecule has 1 atom stereocenters. The van der Waals surface area contributed by atoms with E-state index in [9.17, 15) is 0 Å². The van der Waals surface area contributed by atoms with Crippen LogP contribution >= 0.6 is 0 Å². The van der Waals surface area contributed by atoms with E-state index < -0.39 is 0 Å². The molecule has 1 aromatic carbocycles. The predicted octanol–water partition coefficient (Wildman–Crippen LogP) is 3.19. The Morgan fingerprint density at radius 2 is 2.07 bits per heavy atom. The molecule has 82 valence electrons. The second kappa shape index (κ2) is 3.76. The molecule has 0 bridgehead atoms. The van der Waals surface area contributed by atoms with Gasteiger partial charge in [-0.05, 0) is 43.9 Å². The fraction of sp³-hybridized carbons (Fsp3) is 0.538. The SMILES string of the molecule is CCC1CNc2c(C)c(C)cc(C)c2O1. The molecule has 1 aliphatic heterocycles. The highest BCUT2D eigenvalue weighted by Crippen LogP contribution is 2.37. The molecule has 0 saturated heterocycles. The summed E-state index contributed by atoms with van der Waals surface area (Å²) in [6.07, 6.45) is 1.37. The molecule has 0 saturated carbocycles. The summed E-state index contributed by atoms with van der Waals surface area (Å²) in [6, 6.07) is 2.20. The smallest absolute Gasteiger partial charge is 0.146 e. The Bertz CT molecular complexity index is 385. The Balaban J connectivity index is 2.47. The van der Waals surface area contributed by atoms with E-state index in [-0.39, 0.29) is 0 Å². The molecule has 0 spiro atoms. The zero-order valence-corrected chi connectivity index (χ0v) is 9.98. The first-order chi connectivity index (χ1) is 7.13. The van der Waals surface area contributed by atoms with Gasteiger partial charge in [0.15, 0.2) is 0 Å². The Morgan fingerprint density at radius 1 is 1.33 bits per heavy atom. The van der Waals surface area contributed by atoms with Gasteiger partial charge in [0.2, 0.25) is 0 Å². The van der Waals surface area contributed by atoms with Crippen molar-refractivity contribution in [1.82, 2.24) is 0 Å². The highest BCUT2D eigenvalue weighted by atomic mass is 16.5. The highest BCUT2D eigenvalue weighted by Gasteiger charge is 2.21. The summed E-state index contributed by atoms with van der Waals surface area (Å²) < 4.78 is 5.99. The topological polar surface area (TPSA) is 21.3 Å². The monoisotopic (exact) mass is 205 g/mol. The maximum Gasteiger partial charge on any atom is 0.146 e. The van der Waals surface area contributed by atoms with E-state index in [1.165, 1.54) is 22.4 Å². The summed E-state index contributed by atoms with van der Waals surface area (Å²) in [7, 11) is 0. The van der Waals surface area contributed by atoms with Gasteiger partial charge in [-0.25, -0.2) is 0 Å². The average molecular weight is 205 g/mol. The highest BCUT2D eigenvalue weighted by molar-refractivity contribution is 5.68. The lowest BCUT2D eigenvalue weighted by molar-refractivity contribution is 0.200. The third kappa shape index (κ3) is 1.69. The molecule has 0 fully saturated rings. The Hall–Kier alpha value is -1.18. The van der Waals surface area contributed by atoms with Gasteiger partial charge < -0.3 is 10.1 Å². The molecule has 2 nitrogen and oxygen atoms in total. The largest absolute Gasteiger partial charge is 0.486 e. The first-order valence-electron chi connectivity index (χ1n) is 5.64. The van der Waals surface area contributed by atoms with Crippen LogP contribution in [-0.2, 0) is 0 Å². The van der Waals surface area contributed by atoms with Crippen molar-refractivity contribution in [3.05, 3.63) is 22.8 Å². The Morgan fingerprint density at radius 3 is 2.73 bits per heavy atom. The van der Waals surface area contributed by atoms with Crippen molar-refractivity contribution >= 4 is 5.69 Å². The fourth-order valence-electron chi connectivity index (χ4n) is 2.08. The quantitative estimate of drug-likeness (QED) is 0.760. The van der Waals surface area contributed by atoms with Crippen LogP contribution in [0.15, 0.2) is 6.07 Å². The summed E-state index contributed by atoms with van der Waals surface area (Å²) in [5.41, 5.74) is 5.07. The number of anilines is 1. The van der Waals surface area contributed by atoms with Crippen LogP contribution in [-0.4, -0.2) is 12.6 Å². The van der Waals surface area contributed by atoms with E-state index in [0.717, 1.165) is 18.7 Å². The molecule has 0 aromatic heterocycles. The van der Waals surface area contributed by atoms with Gasteiger partial charge in [-0.1, -0.05) is 13.0 Å². The van der Waals surface area contributed by atoms with E-state index in [2.05, 4.69) is 39.1 Å². The molecule has 1 aliphatic rings. The summed E-state index contributed by atoms with van der Waals surface area (Å²) in [5, 5.41) is 3.49. The number of aryl methyl sites for hydroxylation is 2. The predicted molar refractivity (Wildman–Crippen MR) is 63.8 cm³/mol. The van der Waals surface area contributed by atoms with E-state index >= 15 is 0 Å². The van der Waals surface area contributed by atoms with E-state index in [0.29, 0.717) is 6.10 Å². The van der Waals surface area contributed by atoms with Crippen molar-refractivity contribution in [2.24, 2.45) is 0 Å². The third-order valence-electron chi connectivity index (χ3n) is 3.23. The minimum absolute atomic E-state index is 0.318. The van der Waals surface area contributed by atoms with Crippen molar-refractivity contribution < 1.29 is 4.74 Å². The van der Waals surface area contributed by atoms with Crippen molar-refractivity contribution in [3.8, 4) is 5.75 Å². The first-order valence-corrected chi connectivity index (χ1v) is 5.64. The first kappa shape index (κ1) is 10.3. The van der Waals surface area contributed by atoms with Crippen LogP contribution in [0, 0.1) is 20.8 Å². The van der Waals surface area contributed by atoms with Gasteiger partial charge in [0.05, 0.1) is 12.2 Å². The van der Waals surface area contributed by atoms with Gasteiger partial charge >= 0.3 is 0 Å². The van der Waals surface area contributed by atoms with E-state index in [4.69, 9.17) is 4.74 Å². The molecular formula is C13H19NO. The third-order valence-corrected chi connectivity index (χ3v) is 3.23. The average Bonchev–Trinajstić information content (AvgIpc) is 2.25. The lowest BCUT2D eigenvalue weighted by Gasteiger charge is -2.29. The van der Waals surface area contributed by atoms with Gasteiger partial charge in [-0.2, -0.15) is 0 Å². The summed E-state index contributed by atoms with van der Waals surface area (Å²) in [6.45, 7) is 9.50. The Labute approximate surface area is 91.6 Å². The van der Waals surface area contributed by atoms with Crippen LogP contribution in [0.1, 0.15) is 30.0 Å². The molecule has 1 unspecified atom stereocenters. The van der Waals surface area contributed by atoms with Crippen LogP contribution in [0.4, 0.5) is 5.69 Å². The van der Waals surface area contributed by atoms with Crippen molar-refractivity contribution in [2.45, 2.75) is 40.2 Å². The zero-order valence-electron chi connectivity index (χ0n) is 9.98. The zero-order chi connectivity index (χ0) is 11.0. The van der Waals surface area contributed by atoms with Crippen LogP contribution in [0.2, 0.25) is 0 Å². The summed E-state index contributed by atoms with van der Waals surface area (Å²) >= 11 is 0. The molecule has 0 amide bonds. The van der Waals surface area contributed by atoms with Crippen molar-refractivity contribution in [2.75, 3.05) is 11.9 Å². The molecule has 1 aromatic rings. The molecule has 0 radical (unpaired) electrons. The maximum atomic E-state index is 5.99. The van der Waals surface area contributed by atoms with Gasteiger partial charge in [-0.15, -0.1) is 0 Å². The van der Waals surface area contributed by atoms with Crippen LogP contribution in [0.3, 0.4) is 0 Å². The van der Waals surface area contributed by atoms with Crippen LogP contribution < -0.4 is 10.1 Å². The number of nitrogens with one attached hydrogen (secondary N) is 1. The standard InChI is InChI=1S/C13H19NO/c1-5-11-7-14-12-10(4)8(2)6-9(3)13(12)15-11/h6,11,14H,5,7H2,1-4H3. The van der Waals surface area contributed by atoms with Crippen molar-refractivity contribution in [3.63, 3.8) is 0 Å². The molecular weight excluding hydrogens is 186 g/mol. The number of fused-ring (bicyclic) bond motifs is 1. The lowest BCUT2D eigenvalue weighted by Crippen LogP contribution is -2.31. The molecule has 2 heteroatoms. The number of benzene rings is 1. The molecule has 0 aliphatic carbocycles. The number of ether oxygens (including phenoxy) is 1. The molecule has 1 N–H and O–H groups in total. The second-order valence-corrected chi connectivity index (χ2v) is 4.37. The van der Waals surface area contributed by atoms with Gasteiger partial charge in [0.1, 0.15) is 11.9 Å². The summed E-state index contributed by atoms with van der Waals surface area (Å²) in [4.78, 5) is 0. The second-order valence-electron chi connectivity index (χ2n) is 4.37. The number of hydrogen-bond donors (Lipinski definition) is 1. The van der Waals surface area contributed by atoms with Crippen LogP contribution in [0.25, 0.3) is 0 Å². The lowest BCUT2D eigenvalue weighted by atomic mass is 10.0. The van der Waals surface area contributed by atoms with E-state index in [1.54, 1.807) is 0 Å². The maximum absolute atomic E-state index is 5.99. The van der Waals surface area contributed by atoms with Gasteiger partial charge in [-0.3, -0.25) is 0 Å². The minimum Gasteiger partial charge on any atom is -0.486 e. The summed E-state index contributed by atoms with van der Waals surface area (Å²) in [5.74, 6) is 1.05.